The van der Waals surface area contributed by atoms with Gasteiger partial charge in [-0.15, -0.1) is 0 Å². The number of para-hydroxylation sites is 1. The van der Waals surface area contributed by atoms with Crippen molar-refractivity contribution < 1.29 is 17.6 Å². The van der Waals surface area contributed by atoms with E-state index in [4.69, 9.17) is 16.0 Å². The number of amides is 1. The number of anilines is 1. The Morgan fingerprint density at radius 2 is 2.08 bits per heavy atom. The second kappa shape index (κ2) is 7.59. The van der Waals surface area contributed by atoms with E-state index >= 15 is 0 Å². The van der Waals surface area contributed by atoms with Gasteiger partial charge in [0.2, 0.25) is 5.91 Å². The summed E-state index contributed by atoms with van der Waals surface area (Å²) in [4.78, 5) is 14.3. The number of carbonyl (C=O) groups excluding carboxylic acids is 1. The largest absolute Gasteiger partial charge is 0.468 e. The summed E-state index contributed by atoms with van der Waals surface area (Å²) >= 11 is 6.06. The Labute approximate surface area is 151 Å². The van der Waals surface area contributed by atoms with Crippen molar-refractivity contribution in [2.45, 2.75) is 19.0 Å². The van der Waals surface area contributed by atoms with Gasteiger partial charge in [0.1, 0.15) is 5.76 Å². The average Bonchev–Trinajstić information content (AvgIpc) is 3.18. The number of hydrogen-bond acceptors (Lipinski definition) is 5. The van der Waals surface area contributed by atoms with Gasteiger partial charge in [0.05, 0.1) is 41.6 Å². The molecule has 6 nitrogen and oxygen atoms in total. The van der Waals surface area contributed by atoms with Crippen LogP contribution < -0.4 is 5.32 Å². The molecule has 0 aliphatic carbocycles. The third-order valence-electron chi connectivity index (χ3n) is 4.16. The van der Waals surface area contributed by atoms with Crippen molar-refractivity contribution in [2.75, 3.05) is 23.4 Å². The Balaban J connectivity index is 1.70. The molecule has 1 aliphatic heterocycles. The van der Waals surface area contributed by atoms with E-state index in [1.807, 2.05) is 11.0 Å². The average molecular weight is 383 g/mol. The van der Waals surface area contributed by atoms with Crippen molar-refractivity contribution in [3.05, 3.63) is 53.4 Å². The molecule has 1 aromatic carbocycles. The standard InChI is InChI=1S/C17H19ClN2O4S/c18-15-5-1-2-6-16(15)19-17(21)11-20(10-14-4-3-8-24-14)13-7-9-25(22,23)12-13/h1-6,8,13H,7,9-12H2,(H,19,21). The van der Waals surface area contributed by atoms with E-state index in [1.165, 1.54) is 0 Å². The number of benzene rings is 1. The maximum atomic E-state index is 12.4. The quantitative estimate of drug-likeness (QED) is 0.830. The lowest BCUT2D eigenvalue weighted by Crippen LogP contribution is -2.41. The molecule has 1 saturated heterocycles. The lowest BCUT2D eigenvalue weighted by molar-refractivity contribution is -0.118. The Kier molecular flexibility index (Phi) is 5.46. The summed E-state index contributed by atoms with van der Waals surface area (Å²) in [6.07, 6.45) is 2.07. The number of nitrogens with one attached hydrogen (secondary N) is 1. The second-order valence-corrected chi connectivity index (χ2v) is 8.71. The van der Waals surface area contributed by atoms with E-state index < -0.39 is 9.84 Å². The van der Waals surface area contributed by atoms with Gasteiger partial charge in [-0.25, -0.2) is 8.42 Å². The summed E-state index contributed by atoms with van der Waals surface area (Å²) in [5.41, 5.74) is 0.533. The van der Waals surface area contributed by atoms with Crippen LogP contribution in [-0.2, 0) is 21.2 Å². The monoisotopic (exact) mass is 382 g/mol. The van der Waals surface area contributed by atoms with E-state index in [0.29, 0.717) is 29.4 Å². The molecule has 0 bridgehead atoms. The van der Waals surface area contributed by atoms with Crippen molar-refractivity contribution in [3.8, 4) is 0 Å². The summed E-state index contributed by atoms with van der Waals surface area (Å²) < 4.78 is 29.0. The van der Waals surface area contributed by atoms with E-state index in [0.717, 1.165) is 0 Å². The normalized spacial score (nSPS) is 19.2. The minimum absolute atomic E-state index is 0.0616. The molecule has 134 valence electrons. The van der Waals surface area contributed by atoms with Gasteiger partial charge in [-0.1, -0.05) is 23.7 Å². The fourth-order valence-electron chi connectivity index (χ4n) is 2.92. The zero-order chi connectivity index (χ0) is 17.9. The second-order valence-electron chi connectivity index (χ2n) is 6.07. The molecule has 1 atom stereocenters. The molecule has 0 radical (unpaired) electrons. The Bertz CT molecular complexity index is 836. The van der Waals surface area contributed by atoms with Crippen molar-refractivity contribution in [2.24, 2.45) is 0 Å². The zero-order valence-electron chi connectivity index (χ0n) is 13.5. The fourth-order valence-corrected chi connectivity index (χ4v) is 4.86. The van der Waals surface area contributed by atoms with E-state index in [9.17, 15) is 13.2 Å². The number of hydrogen-bond donors (Lipinski definition) is 1. The topological polar surface area (TPSA) is 79.6 Å². The number of carbonyl (C=O) groups is 1. The van der Waals surface area contributed by atoms with E-state index in [2.05, 4.69) is 5.32 Å². The van der Waals surface area contributed by atoms with Crippen LogP contribution in [-0.4, -0.2) is 43.3 Å². The molecule has 25 heavy (non-hydrogen) atoms. The number of sulfone groups is 1. The van der Waals surface area contributed by atoms with Gasteiger partial charge in [0, 0.05) is 6.04 Å². The molecule has 1 aliphatic rings. The molecule has 3 rings (SSSR count). The molecule has 1 aromatic heterocycles. The van der Waals surface area contributed by atoms with Gasteiger partial charge in [-0.05, 0) is 30.7 Å². The molecule has 1 fully saturated rings. The van der Waals surface area contributed by atoms with Crippen LogP contribution >= 0.6 is 11.6 Å². The number of halogens is 1. The van der Waals surface area contributed by atoms with Crippen LogP contribution in [0.15, 0.2) is 47.1 Å². The Hall–Kier alpha value is -1.83. The van der Waals surface area contributed by atoms with Gasteiger partial charge in [-0.2, -0.15) is 0 Å². The number of furan rings is 1. The van der Waals surface area contributed by atoms with Crippen LogP contribution in [0.3, 0.4) is 0 Å². The number of nitrogens with zero attached hydrogens (tertiary/aromatic N) is 1. The van der Waals surface area contributed by atoms with E-state index in [-0.39, 0.29) is 30.0 Å². The smallest absolute Gasteiger partial charge is 0.238 e. The first kappa shape index (κ1) is 18.0. The van der Waals surface area contributed by atoms with Crippen LogP contribution in [0.4, 0.5) is 5.69 Å². The molecule has 1 unspecified atom stereocenters. The highest BCUT2D eigenvalue weighted by Crippen LogP contribution is 2.22. The fraction of sp³-hybridized carbons (Fsp3) is 0.353. The molecule has 1 amide bonds. The molecule has 1 N–H and O–H groups in total. The van der Waals surface area contributed by atoms with Gasteiger partial charge in [0.15, 0.2) is 9.84 Å². The first-order valence-electron chi connectivity index (χ1n) is 7.94. The van der Waals surface area contributed by atoms with Crippen molar-refractivity contribution in [3.63, 3.8) is 0 Å². The van der Waals surface area contributed by atoms with Crippen molar-refractivity contribution >= 4 is 33.0 Å². The molecule has 8 heteroatoms. The summed E-state index contributed by atoms with van der Waals surface area (Å²) in [6, 6.07) is 10.4. The van der Waals surface area contributed by atoms with E-state index in [1.54, 1.807) is 36.6 Å². The maximum Gasteiger partial charge on any atom is 0.238 e. The van der Waals surface area contributed by atoms with Crippen molar-refractivity contribution in [1.82, 2.24) is 4.90 Å². The summed E-state index contributed by atoms with van der Waals surface area (Å²) in [5.74, 6) is 0.657. The summed E-state index contributed by atoms with van der Waals surface area (Å²) in [7, 11) is -3.05. The van der Waals surface area contributed by atoms with Gasteiger partial charge < -0.3 is 9.73 Å². The molecule has 2 heterocycles. The lowest BCUT2D eigenvalue weighted by Gasteiger charge is -2.26. The summed E-state index contributed by atoms with van der Waals surface area (Å²) in [6.45, 7) is 0.440. The minimum Gasteiger partial charge on any atom is -0.468 e. The predicted molar refractivity (Wildman–Crippen MR) is 96.3 cm³/mol. The first-order valence-corrected chi connectivity index (χ1v) is 10.1. The van der Waals surface area contributed by atoms with Crippen LogP contribution in [0.2, 0.25) is 5.02 Å². The zero-order valence-corrected chi connectivity index (χ0v) is 15.1. The van der Waals surface area contributed by atoms with Crippen LogP contribution in [0.1, 0.15) is 12.2 Å². The Morgan fingerprint density at radius 1 is 1.28 bits per heavy atom. The first-order chi connectivity index (χ1) is 11.9. The SMILES string of the molecule is O=C(CN(Cc1ccco1)C1CCS(=O)(=O)C1)Nc1ccccc1Cl. The van der Waals surface area contributed by atoms with Crippen molar-refractivity contribution in [1.29, 1.82) is 0 Å². The number of rotatable bonds is 6. The van der Waals surface area contributed by atoms with Crippen LogP contribution in [0.5, 0.6) is 0 Å². The predicted octanol–water partition coefficient (Wildman–Crippen LogP) is 2.56. The minimum atomic E-state index is -3.05. The Morgan fingerprint density at radius 3 is 2.72 bits per heavy atom. The molecule has 0 saturated carbocycles. The molecule has 0 spiro atoms. The third-order valence-corrected chi connectivity index (χ3v) is 6.24. The summed E-state index contributed by atoms with van der Waals surface area (Å²) in [5, 5.41) is 3.23. The highest BCUT2D eigenvalue weighted by molar-refractivity contribution is 7.91. The maximum absolute atomic E-state index is 12.4. The molecular formula is C17H19ClN2O4S. The van der Waals surface area contributed by atoms with Crippen LogP contribution in [0, 0.1) is 0 Å². The highest BCUT2D eigenvalue weighted by Gasteiger charge is 2.33. The molecule has 2 aromatic rings. The highest BCUT2D eigenvalue weighted by atomic mass is 35.5. The third kappa shape index (κ3) is 4.84. The van der Waals surface area contributed by atoms with Gasteiger partial charge in [-0.3, -0.25) is 9.69 Å². The lowest BCUT2D eigenvalue weighted by atomic mass is 10.2. The van der Waals surface area contributed by atoms with Crippen LogP contribution in [0.25, 0.3) is 0 Å². The van der Waals surface area contributed by atoms with Gasteiger partial charge >= 0.3 is 0 Å². The molecular weight excluding hydrogens is 364 g/mol. The van der Waals surface area contributed by atoms with Gasteiger partial charge in [0.25, 0.3) is 0 Å².